The van der Waals surface area contributed by atoms with Gasteiger partial charge in [0.25, 0.3) is 0 Å². The van der Waals surface area contributed by atoms with Crippen molar-refractivity contribution in [1.82, 2.24) is 30.9 Å². The first-order valence-corrected chi connectivity index (χ1v) is 18.7. The normalized spacial score (nSPS) is 20.9. The molecule has 0 radical (unpaired) electrons. The van der Waals surface area contributed by atoms with Crippen LogP contribution in [-0.4, -0.2) is 87.0 Å². The summed E-state index contributed by atoms with van der Waals surface area (Å²) < 4.78 is 11.3. The van der Waals surface area contributed by atoms with Crippen molar-refractivity contribution >= 4 is 29.4 Å². The van der Waals surface area contributed by atoms with Gasteiger partial charge in [-0.05, 0) is 119 Å². The molecule has 286 valence electrons. The van der Waals surface area contributed by atoms with Crippen LogP contribution in [0.3, 0.4) is 0 Å². The van der Waals surface area contributed by atoms with Gasteiger partial charge in [-0.3, -0.25) is 14.5 Å². The van der Waals surface area contributed by atoms with Crippen LogP contribution in [0, 0.1) is 11.8 Å². The third-order valence-corrected chi connectivity index (χ3v) is 9.96. The summed E-state index contributed by atoms with van der Waals surface area (Å²) in [6.07, 6.45) is 4.68. The van der Waals surface area contributed by atoms with E-state index >= 15 is 0 Å². The molecular weight excluding hydrogens is 686 g/mol. The summed E-state index contributed by atoms with van der Waals surface area (Å²) in [5.41, 5.74) is 9.61. The SMILES string of the molecule is CC1CN(c2ccc(-c3ccc(C[C@@H](C(N)=O)N(C(=O)C4CCC(CNC(=O)OC(C)(C)C)CC4)c4ccc(-c5nn[nH]n5)cc4)cc3)cn2)CC(C)O1. The molecule has 2 aliphatic rings. The van der Waals surface area contributed by atoms with Crippen LogP contribution in [-0.2, 0) is 25.5 Å². The predicted octanol–water partition coefficient (Wildman–Crippen LogP) is 5.30. The van der Waals surface area contributed by atoms with Crippen molar-refractivity contribution in [2.24, 2.45) is 17.6 Å². The fourth-order valence-electron chi connectivity index (χ4n) is 7.35. The number of carbonyl (C=O) groups is 3. The van der Waals surface area contributed by atoms with Gasteiger partial charge in [-0.15, -0.1) is 10.2 Å². The maximum absolute atomic E-state index is 14.5. The number of nitrogens with two attached hydrogens (primary N) is 1. The van der Waals surface area contributed by atoms with Crippen LogP contribution in [0.2, 0.25) is 0 Å². The number of nitrogens with one attached hydrogen (secondary N) is 2. The number of amides is 3. The number of alkyl carbamates (subject to hydrolysis) is 1. The van der Waals surface area contributed by atoms with Crippen LogP contribution < -0.4 is 20.9 Å². The van der Waals surface area contributed by atoms with Crippen LogP contribution in [0.4, 0.5) is 16.3 Å². The molecule has 14 heteroatoms. The Morgan fingerprint density at radius 1 is 0.944 bits per heavy atom. The molecule has 14 nitrogen and oxygen atoms in total. The molecule has 3 heterocycles. The Morgan fingerprint density at radius 2 is 1.59 bits per heavy atom. The van der Waals surface area contributed by atoms with E-state index in [1.807, 2.05) is 57.3 Å². The average Bonchev–Trinajstić information content (AvgIpc) is 3.69. The van der Waals surface area contributed by atoms with Gasteiger partial charge in [0.1, 0.15) is 17.5 Å². The molecule has 2 aromatic carbocycles. The molecule has 1 saturated carbocycles. The number of hydrogen-bond acceptors (Lipinski definition) is 10. The smallest absolute Gasteiger partial charge is 0.407 e. The summed E-state index contributed by atoms with van der Waals surface area (Å²) in [6, 6.07) is 18.3. The van der Waals surface area contributed by atoms with Crippen LogP contribution >= 0.6 is 0 Å². The fraction of sp³-hybridized carbons (Fsp3) is 0.475. The van der Waals surface area contributed by atoms with E-state index in [1.165, 1.54) is 0 Å². The maximum atomic E-state index is 14.5. The van der Waals surface area contributed by atoms with Gasteiger partial charge >= 0.3 is 6.09 Å². The quantitative estimate of drug-likeness (QED) is 0.183. The van der Waals surface area contributed by atoms with Gasteiger partial charge in [-0.2, -0.15) is 5.21 Å². The minimum Gasteiger partial charge on any atom is -0.444 e. The lowest BCUT2D eigenvalue weighted by molar-refractivity contribution is -0.127. The zero-order valence-corrected chi connectivity index (χ0v) is 31.7. The summed E-state index contributed by atoms with van der Waals surface area (Å²) in [7, 11) is 0. The van der Waals surface area contributed by atoms with Crippen molar-refractivity contribution in [3.63, 3.8) is 0 Å². The van der Waals surface area contributed by atoms with E-state index in [2.05, 4.69) is 50.8 Å². The van der Waals surface area contributed by atoms with Gasteiger partial charge in [0, 0.05) is 55.0 Å². The van der Waals surface area contributed by atoms with Crippen molar-refractivity contribution < 1.29 is 23.9 Å². The zero-order valence-electron chi connectivity index (χ0n) is 31.7. The lowest BCUT2D eigenvalue weighted by Gasteiger charge is -2.36. The highest BCUT2D eigenvalue weighted by Gasteiger charge is 2.36. The Bertz CT molecular complexity index is 1840. The molecule has 4 N–H and O–H groups in total. The Labute approximate surface area is 316 Å². The number of nitrogens with zero attached hydrogens (tertiary/aromatic N) is 6. The molecule has 0 bridgehead atoms. The Kier molecular flexibility index (Phi) is 11.9. The van der Waals surface area contributed by atoms with E-state index in [0.29, 0.717) is 36.5 Å². The van der Waals surface area contributed by atoms with Crippen molar-refractivity contribution in [3.8, 4) is 22.5 Å². The topological polar surface area (TPSA) is 182 Å². The lowest BCUT2D eigenvalue weighted by atomic mass is 9.81. The van der Waals surface area contributed by atoms with E-state index in [9.17, 15) is 14.4 Å². The number of anilines is 2. The predicted molar refractivity (Wildman–Crippen MR) is 205 cm³/mol. The molecular formula is C40H51N9O5. The molecule has 1 aliphatic carbocycles. The van der Waals surface area contributed by atoms with Crippen LogP contribution in [0.1, 0.15) is 65.9 Å². The largest absolute Gasteiger partial charge is 0.444 e. The van der Waals surface area contributed by atoms with Crippen molar-refractivity contribution in [2.75, 3.05) is 29.4 Å². The van der Waals surface area contributed by atoms with Gasteiger partial charge in [-0.25, -0.2) is 9.78 Å². The molecule has 2 aromatic heterocycles. The lowest BCUT2D eigenvalue weighted by Crippen LogP contribution is -2.52. The summed E-state index contributed by atoms with van der Waals surface area (Å²) in [5, 5.41) is 17.1. The molecule has 3 atom stereocenters. The number of carbonyl (C=O) groups excluding carboxylic acids is 3. The van der Waals surface area contributed by atoms with E-state index in [-0.39, 0.29) is 36.4 Å². The minimum atomic E-state index is -0.940. The highest BCUT2D eigenvalue weighted by molar-refractivity contribution is 6.01. The van der Waals surface area contributed by atoms with E-state index in [1.54, 1.807) is 29.2 Å². The summed E-state index contributed by atoms with van der Waals surface area (Å²) in [4.78, 5) is 48.5. The van der Waals surface area contributed by atoms with Crippen LogP contribution in [0.5, 0.6) is 0 Å². The second-order valence-electron chi connectivity index (χ2n) is 15.5. The fourth-order valence-corrected chi connectivity index (χ4v) is 7.35. The van der Waals surface area contributed by atoms with Crippen LogP contribution in [0.15, 0.2) is 66.9 Å². The number of pyridine rings is 1. The number of aromatic nitrogens is 5. The summed E-state index contributed by atoms with van der Waals surface area (Å²) in [5.74, 6) is 0.478. The van der Waals surface area contributed by atoms with Crippen molar-refractivity contribution in [3.05, 3.63) is 72.4 Å². The standard InChI is InChI=1S/C40H51N9O5/c1-25-23-48(24-26(2)53-25)35-19-16-32(22-42-35)29-10-6-27(7-11-29)20-34(36(41)50)49(33-17-14-30(15-18-33)37-44-46-47-45-37)38(51)31-12-8-28(9-13-31)21-43-39(52)54-40(3,4)5/h6-7,10-11,14-19,22,25-26,28,31,34H,8-9,12-13,20-21,23-24H2,1-5H3,(H2,41,50)(H,43,52)(H,44,45,46,47)/t25?,26?,28?,31?,34-/m0/s1. The molecule has 2 unspecified atom stereocenters. The van der Waals surface area contributed by atoms with Gasteiger partial charge in [0.05, 0.1) is 12.2 Å². The third kappa shape index (κ3) is 9.78. The zero-order chi connectivity index (χ0) is 38.4. The second kappa shape index (κ2) is 16.8. The highest BCUT2D eigenvalue weighted by Crippen LogP contribution is 2.33. The number of aromatic amines is 1. The van der Waals surface area contributed by atoms with Gasteiger partial charge in [0.15, 0.2) is 0 Å². The molecule has 1 aliphatic heterocycles. The molecule has 2 fully saturated rings. The van der Waals surface area contributed by atoms with Gasteiger partial charge in [0.2, 0.25) is 17.6 Å². The molecule has 4 aromatic rings. The van der Waals surface area contributed by atoms with Crippen molar-refractivity contribution in [2.45, 2.75) is 90.6 Å². The number of primary amides is 1. The van der Waals surface area contributed by atoms with E-state index in [4.69, 9.17) is 20.2 Å². The van der Waals surface area contributed by atoms with E-state index < -0.39 is 23.6 Å². The second-order valence-corrected chi connectivity index (χ2v) is 15.5. The maximum Gasteiger partial charge on any atom is 0.407 e. The molecule has 54 heavy (non-hydrogen) atoms. The van der Waals surface area contributed by atoms with Gasteiger partial charge < -0.3 is 25.4 Å². The number of H-pyrrole nitrogens is 1. The van der Waals surface area contributed by atoms with Crippen molar-refractivity contribution in [1.29, 1.82) is 0 Å². The number of tetrazole rings is 1. The first-order chi connectivity index (χ1) is 25.8. The number of hydrogen-bond donors (Lipinski definition) is 3. The Morgan fingerprint density at radius 3 is 2.17 bits per heavy atom. The Hall–Kier alpha value is -5.37. The summed E-state index contributed by atoms with van der Waals surface area (Å²) >= 11 is 0. The molecule has 3 amide bonds. The first-order valence-electron chi connectivity index (χ1n) is 18.7. The van der Waals surface area contributed by atoms with Gasteiger partial charge in [-0.1, -0.05) is 24.3 Å². The number of benzene rings is 2. The number of rotatable bonds is 11. The third-order valence-electron chi connectivity index (χ3n) is 9.96. The van der Waals surface area contributed by atoms with Crippen LogP contribution in [0.25, 0.3) is 22.5 Å². The monoisotopic (exact) mass is 737 g/mol. The minimum absolute atomic E-state index is 0.143. The summed E-state index contributed by atoms with van der Waals surface area (Å²) in [6.45, 7) is 11.7. The highest BCUT2D eigenvalue weighted by atomic mass is 16.6. The first kappa shape index (κ1) is 38.4. The number of morpholine rings is 1. The molecule has 6 rings (SSSR count). The average molecular weight is 738 g/mol. The van der Waals surface area contributed by atoms with E-state index in [0.717, 1.165) is 48.4 Å². The number of ether oxygens (including phenoxy) is 2. The molecule has 0 spiro atoms. The Balaban J connectivity index is 1.17. The molecule has 1 saturated heterocycles.